The molecule has 0 radical (unpaired) electrons. The Bertz CT molecular complexity index is 2710. The molecule has 0 spiro atoms. The first-order chi connectivity index (χ1) is 22.8. The van der Waals surface area contributed by atoms with Gasteiger partial charge in [0, 0.05) is 0 Å². The van der Waals surface area contributed by atoms with Crippen LogP contribution in [0.4, 0.5) is 0 Å². The van der Waals surface area contributed by atoms with Gasteiger partial charge in [0.25, 0.3) is 0 Å². The van der Waals surface area contributed by atoms with E-state index in [9.17, 15) is 0 Å². The van der Waals surface area contributed by atoms with Crippen LogP contribution in [0.25, 0.3) is 98.0 Å². The molecular formula is C46H28. The zero-order chi connectivity index (χ0) is 30.2. The van der Waals surface area contributed by atoms with Crippen molar-refractivity contribution in [3.05, 3.63) is 170 Å². The zero-order valence-corrected chi connectivity index (χ0v) is 25.2. The minimum absolute atomic E-state index is 1.25. The van der Waals surface area contributed by atoms with E-state index in [2.05, 4.69) is 170 Å². The van der Waals surface area contributed by atoms with E-state index >= 15 is 0 Å². The number of hydrogen-bond donors (Lipinski definition) is 0. The summed E-state index contributed by atoms with van der Waals surface area (Å²) in [6, 6.07) is 62.8. The predicted molar refractivity (Wildman–Crippen MR) is 199 cm³/mol. The van der Waals surface area contributed by atoms with Crippen LogP contribution in [-0.4, -0.2) is 0 Å². The van der Waals surface area contributed by atoms with E-state index in [4.69, 9.17) is 0 Å². The van der Waals surface area contributed by atoms with Crippen LogP contribution in [0.5, 0.6) is 0 Å². The topological polar surface area (TPSA) is 0 Å². The Hall–Kier alpha value is -5.98. The van der Waals surface area contributed by atoms with Crippen LogP contribution in [0.2, 0.25) is 0 Å². The molecule has 0 saturated heterocycles. The molecule has 10 rings (SSSR count). The van der Waals surface area contributed by atoms with Crippen LogP contribution in [0, 0.1) is 0 Å². The molecule has 0 atom stereocenters. The lowest BCUT2D eigenvalue weighted by atomic mass is 9.85. The Balaban J connectivity index is 1.17. The molecule has 0 bridgehead atoms. The van der Waals surface area contributed by atoms with Crippen molar-refractivity contribution < 1.29 is 0 Å². The quantitative estimate of drug-likeness (QED) is 0.144. The van der Waals surface area contributed by atoms with Crippen LogP contribution >= 0.6 is 0 Å². The Morgan fingerprint density at radius 3 is 1.37 bits per heavy atom. The smallest absolute Gasteiger partial charge is 0.00206 e. The van der Waals surface area contributed by atoms with Gasteiger partial charge in [-0.3, -0.25) is 0 Å². The standard InChI is InChI=1S/C46H28/c1-2-9-29(10-3-1)44-38-13-4-6-15-40(38)45(41-16-7-5-14-39(41)44)36-22-20-33-27-35(21-19-34(33)28-36)37-25-23-32-18-17-30-11-8-12-31-24-26-42(37)46(32)43(30)31/h1-28H. The highest BCUT2D eigenvalue weighted by molar-refractivity contribution is 6.26. The minimum atomic E-state index is 1.25. The number of benzene rings is 10. The molecule has 46 heavy (non-hydrogen) atoms. The van der Waals surface area contributed by atoms with Gasteiger partial charge < -0.3 is 0 Å². The first-order valence-electron chi connectivity index (χ1n) is 16.0. The van der Waals surface area contributed by atoms with Crippen molar-refractivity contribution in [2.75, 3.05) is 0 Å². The Morgan fingerprint density at radius 2 is 0.717 bits per heavy atom. The van der Waals surface area contributed by atoms with Crippen molar-refractivity contribution in [3.8, 4) is 33.4 Å². The maximum absolute atomic E-state index is 2.37. The second kappa shape index (κ2) is 9.76. The average molecular weight is 581 g/mol. The van der Waals surface area contributed by atoms with E-state index in [1.807, 2.05) is 0 Å². The molecule has 0 aliphatic heterocycles. The van der Waals surface area contributed by atoms with Crippen molar-refractivity contribution in [1.82, 2.24) is 0 Å². The van der Waals surface area contributed by atoms with Gasteiger partial charge in [-0.1, -0.05) is 158 Å². The van der Waals surface area contributed by atoms with E-state index in [-0.39, 0.29) is 0 Å². The molecule has 0 aliphatic rings. The molecular weight excluding hydrogens is 553 g/mol. The lowest BCUT2D eigenvalue weighted by molar-refractivity contribution is 1.66. The van der Waals surface area contributed by atoms with E-state index in [0.717, 1.165) is 0 Å². The molecule has 0 aromatic heterocycles. The number of fused-ring (bicyclic) bond motifs is 3. The van der Waals surface area contributed by atoms with Gasteiger partial charge >= 0.3 is 0 Å². The molecule has 0 nitrogen and oxygen atoms in total. The summed E-state index contributed by atoms with van der Waals surface area (Å²) in [7, 11) is 0. The first-order valence-corrected chi connectivity index (χ1v) is 16.0. The maximum atomic E-state index is 2.37. The second-order valence-electron chi connectivity index (χ2n) is 12.5. The lowest BCUT2D eigenvalue weighted by Gasteiger charge is -2.18. The lowest BCUT2D eigenvalue weighted by Crippen LogP contribution is -1.91. The highest BCUT2D eigenvalue weighted by atomic mass is 14.2. The van der Waals surface area contributed by atoms with Gasteiger partial charge in [-0.2, -0.15) is 0 Å². The number of hydrogen-bond acceptors (Lipinski definition) is 0. The largest absolute Gasteiger partial charge is 0.0622 e. The summed E-state index contributed by atoms with van der Waals surface area (Å²) in [5.41, 5.74) is 7.62. The fourth-order valence-corrected chi connectivity index (χ4v) is 7.91. The van der Waals surface area contributed by atoms with Crippen LogP contribution in [0.1, 0.15) is 0 Å². The first kappa shape index (κ1) is 25.4. The van der Waals surface area contributed by atoms with Crippen molar-refractivity contribution >= 4 is 64.6 Å². The third-order valence-electron chi connectivity index (χ3n) is 9.96. The normalized spacial score (nSPS) is 11.9. The Labute approximate surface area is 267 Å². The summed E-state index contributed by atoms with van der Waals surface area (Å²) in [4.78, 5) is 0. The molecule has 0 heteroatoms. The van der Waals surface area contributed by atoms with Gasteiger partial charge in [-0.15, -0.1) is 0 Å². The maximum Gasteiger partial charge on any atom is -0.00206 e. The van der Waals surface area contributed by atoms with Crippen molar-refractivity contribution in [1.29, 1.82) is 0 Å². The molecule has 0 heterocycles. The van der Waals surface area contributed by atoms with Gasteiger partial charge in [0.05, 0.1) is 0 Å². The summed E-state index contributed by atoms with van der Waals surface area (Å²) in [5, 5.41) is 15.6. The molecule has 0 fully saturated rings. The molecule has 0 saturated carbocycles. The minimum Gasteiger partial charge on any atom is -0.0622 e. The average Bonchev–Trinajstić information content (AvgIpc) is 3.12. The van der Waals surface area contributed by atoms with Crippen LogP contribution in [0.15, 0.2) is 170 Å². The predicted octanol–water partition coefficient (Wildman–Crippen LogP) is 13.0. The summed E-state index contributed by atoms with van der Waals surface area (Å²) < 4.78 is 0. The van der Waals surface area contributed by atoms with Crippen molar-refractivity contribution in [2.24, 2.45) is 0 Å². The van der Waals surface area contributed by atoms with E-state index in [0.29, 0.717) is 0 Å². The molecule has 0 unspecified atom stereocenters. The molecule has 0 N–H and O–H groups in total. The van der Waals surface area contributed by atoms with Crippen molar-refractivity contribution in [3.63, 3.8) is 0 Å². The third-order valence-corrected chi connectivity index (χ3v) is 9.96. The summed E-state index contributed by atoms with van der Waals surface area (Å²) in [6.45, 7) is 0. The summed E-state index contributed by atoms with van der Waals surface area (Å²) in [5.74, 6) is 0. The van der Waals surface area contributed by atoms with Crippen LogP contribution in [0.3, 0.4) is 0 Å². The van der Waals surface area contributed by atoms with Gasteiger partial charge in [0.15, 0.2) is 0 Å². The molecule has 0 aliphatic carbocycles. The summed E-state index contributed by atoms with van der Waals surface area (Å²) in [6.07, 6.45) is 0. The summed E-state index contributed by atoms with van der Waals surface area (Å²) >= 11 is 0. The van der Waals surface area contributed by atoms with Crippen molar-refractivity contribution in [2.45, 2.75) is 0 Å². The highest BCUT2D eigenvalue weighted by Crippen LogP contribution is 2.45. The molecule has 0 amide bonds. The Kier molecular flexibility index (Phi) is 5.38. The van der Waals surface area contributed by atoms with E-state index in [1.54, 1.807) is 0 Å². The van der Waals surface area contributed by atoms with Gasteiger partial charge in [0.1, 0.15) is 0 Å². The van der Waals surface area contributed by atoms with Gasteiger partial charge in [-0.25, -0.2) is 0 Å². The van der Waals surface area contributed by atoms with Gasteiger partial charge in [-0.05, 0) is 110 Å². The molecule has 10 aromatic carbocycles. The van der Waals surface area contributed by atoms with E-state index in [1.165, 1.54) is 98.0 Å². The fourth-order valence-electron chi connectivity index (χ4n) is 7.91. The van der Waals surface area contributed by atoms with Crippen LogP contribution in [-0.2, 0) is 0 Å². The monoisotopic (exact) mass is 580 g/mol. The van der Waals surface area contributed by atoms with Crippen LogP contribution < -0.4 is 0 Å². The molecule has 212 valence electrons. The highest BCUT2D eigenvalue weighted by Gasteiger charge is 2.17. The Morgan fingerprint density at radius 1 is 0.239 bits per heavy atom. The SMILES string of the molecule is c1ccc(-c2c3ccccc3c(-c3ccc4cc(-c5ccc6ccc7cccc8ccc5c6c78)ccc4c3)c3ccccc23)cc1. The molecule has 10 aromatic rings. The third kappa shape index (κ3) is 3.68. The zero-order valence-electron chi connectivity index (χ0n) is 25.2. The second-order valence-corrected chi connectivity index (χ2v) is 12.5. The fraction of sp³-hybridized carbons (Fsp3) is 0. The number of rotatable bonds is 3. The van der Waals surface area contributed by atoms with E-state index < -0.39 is 0 Å². The van der Waals surface area contributed by atoms with Gasteiger partial charge in [0.2, 0.25) is 0 Å².